The average molecular weight is 224 g/mol. The third-order valence-corrected chi connectivity index (χ3v) is 3.87. The normalized spacial score (nSPS) is 24.1. The predicted molar refractivity (Wildman–Crippen MR) is 65.2 cm³/mol. The van der Waals surface area contributed by atoms with Gasteiger partial charge in [-0.15, -0.1) is 0 Å². The highest BCUT2D eigenvalue weighted by Crippen LogP contribution is 2.26. The first-order valence-electron chi connectivity index (χ1n) is 6.76. The monoisotopic (exact) mass is 224 g/mol. The van der Waals surface area contributed by atoms with Crippen molar-refractivity contribution < 1.29 is 4.79 Å². The van der Waals surface area contributed by atoms with Gasteiger partial charge in [0, 0.05) is 19.0 Å². The number of amides is 1. The summed E-state index contributed by atoms with van der Waals surface area (Å²) in [6.45, 7) is 6.73. The summed E-state index contributed by atoms with van der Waals surface area (Å²) in [5, 5.41) is 3.09. The molecule has 1 saturated heterocycles. The van der Waals surface area contributed by atoms with E-state index >= 15 is 0 Å². The van der Waals surface area contributed by atoms with E-state index in [1.165, 1.54) is 32.4 Å². The van der Waals surface area contributed by atoms with Crippen LogP contribution in [0.25, 0.3) is 0 Å². The van der Waals surface area contributed by atoms with E-state index in [-0.39, 0.29) is 0 Å². The molecule has 0 bridgehead atoms. The molecule has 0 radical (unpaired) electrons. The summed E-state index contributed by atoms with van der Waals surface area (Å²) in [4.78, 5) is 14.2. The smallest absolute Gasteiger partial charge is 0.223 e. The third-order valence-electron chi connectivity index (χ3n) is 3.87. The van der Waals surface area contributed by atoms with Gasteiger partial charge in [-0.3, -0.25) is 4.79 Å². The van der Waals surface area contributed by atoms with Crippen LogP contribution in [0.4, 0.5) is 0 Å². The van der Waals surface area contributed by atoms with E-state index in [1.54, 1.807) is 0 Å². The largest absolute Gasteiger partial charge is 0.356 e. The lowest BCUT2D eigenvalue weighted by Crippen LogP contribution is -2.39. The molecule has 0 spiro atoms. The Labute approximate surface area is 98.6 Å². The fourth-order valence-corrected chi connectivity index (χ4v) is 2.56. The van der Waals surface area contributed by atoms with E-state index in [0.717, 1.165) is 25.9 Å². The van der Waals surface area contributed by atoms with Crippen molar-refractivity contribution >= 4 is 5.91 Å². The zero-order valence-corrected chi connectivity index (χ0v) is 10.4. The molecule has 1 saturated carbocycles. The van der Waals surface area contributed by atoms with Crippen LogP contribution < -0.4 is 5.32 Å². The molecular weight excluding hydrogens is 200 g/mol. The molecule has 2 fully saturated rings. The Morgan fingerprint density at radius 2 is 2.00 bits per heavy atom. The van der Waals surface area contributed by atoms with Crippen molar-refractivity contribution in [2.45, 2.75) is 39.0 Å². The van der Waals surface area contributed by atoms with Crippen molar-refractivity contribution in [2.24, 2.45) is 11.8 Å². The third kappa shape index (κ3) is 3.21. The van der Waals surface area contributed by atoms with Gasteiger partial charge in [-0.25, -0.2) is 0 Å². The highest BCUT2D eigenvalue weighted by molar-refractivity contribution is 5.79. The highest BCUT2D eigenvalue weighted by atomic mass is 16.1. The van der Waals surface area contributed by atoms with Crippen LogP contribution in [0.2, 0.25) is 0 Å². The number of nitrogens with zero attached hydrogens (tertiary/aromatic N) is 1. The van der Waals surface area contributed by atoms with Gasteiger partial charge in [0.05, 0.1) is 0 Å². The number of nitrogens with one attached hydrogen (secondary N) is 1. The first-order valence-corrected chi connectivity index (χ1v) is 6.76. The summed E-state index contributed by atoms with van der Waals surface area (Å²) in [6.07, 6.45) is 6.14. The Hall–Kier alpha value is -0.570. The molecule has 1 heterocycles. The molecule has 92 valence electrons. The lowest BCUT2D eigenvalue weighted by molar-refractivity contribution is -0.127. The van der Waals surface area contributed by atoms with E-state index < -0.39 is 0 Å². The topological polar surface area (TPSA) is 32.3 Å². The van der Waals surface area contributed by atoms with Gasteiger partial charge in [0.15, 0.2) is 0 Å². The van der Waals surface area contributed by atoms with Crippen molar-refractivity contribution in [2.75, 3.05) is 26.2 Å². The molecule has 0 unspecified atom stereocenters. The van der Waals surface area contributed by atoms with Crippen LogP contribution in [-0.2, 0) is 4.79 Å². The van der Waals surface area contributed by atoms with Crippen molar-refractivity contribution in [3.8, 4) is 0 Å². The molecular formula is C13H24N2O. The molecule has 0 aromatic heterocycles. The first-order chi connectivity index (χ1) is 7.75. The molecule has 1 atom stereocenters. The van der Waals surface area contributed by atoms with Gasteiger partial charge in [-0.2, -0.15) is 0 Å². The van der Waals surface area contributed by atoms with Gasteiger partial charge in [0.25, 0.3) is 0 Å². The molecule has 2 rings (SSSR count). The van der Waals surface area contributed by atoms with E-state index in [4.69, 9.17) is 0 Å². The van der Waals surface area contributed by atoms with Gasteiger partial charge >= 0.3 is 0 Å². The SMILES string of the molecule is C[C@@H](CNC(=O)C1CCC1)CN1CCCC1. The summed E-state index contributed by atoms with van der Waals surface area (Å²) >= 11 is 0. The van der Waals surface area contributed by atoms with E-state index in [0.29, 0.717) is 17.7 Å². The maximum Gasteiger partial charge on any atom is 0.223 e. The van der Waals surface area contributed by atoms with Crippen LogP contribution >= 0.6 is 0 Å². The van der Waals surface area contributed by atoms with Crippen molar-refractivity contribution in [1.82, 2.24) is 10.2 Å². The molecule has 0 aromatic carbocycles. The molecule has 3 heteroatoms. The zero-order chi connectivity index (χ0) is 11.4. The van der Waals surface area contributed by atoms with Crippen LogP contribution in [0.15, 0.2) is 0 Å². The maximum atomic E-state index is 11.6. The summed E-state index contributed by atoms with van der Waals surface area (Å²) in [5.74, 6) is 1.21. The molecule has 1 amide bonds. The molecule has 1 N–H and O–H groups in total. The number of carbonyl (C=O) groups excluding carboxylic acids is 1. The number of likely N-dealkylation sites (tertiary alicyclic amines) is 1. The van der Waals surface area contributed by atoms with Gasteiger partial charge in [0.1, 0.15) is 0 Å². The Kier molecular flexibility index (Phi) is 4.22. The van der Waals surface area contributed by atoms with E-state index in [2.05, 4.69) is 17.1 Å². The minimum Gasteiger partial charge on any atom is -0.356 e. The second kappa shape index (κ2) is 5.67. The molecule has 1 aliphatic carbocycles. The fourth-order valence-electron chi connectivity index (χ4n) is 2.56. The molecule has 16 heavy (non-hydrogen) atoms. The van der Waals surface area contributed by atoms with Crippen molar-refractivity contribution in [3.05, 3.63) is 0 Å². The summed E-state index contributed by atoms with van der Waals surface area (Å²) in [6, 6.07) is 0. The summed E-state index contributed by atoms with van der Waals surface area (Å²) < 4.78 is 0. The fraction of sp³-hybridized carbons (Fsp3) is 0.923. The van der Waals surface area contributed by atoms with Crippen LogP contribution in [0, 0.1) is 11.8 Å². The molecule has 0 aromatic rings. The quantitative estimate of drug-likeness (QED) is 0.770. The predicted octanol–water partition coefficient (Wildman–Crippen LogP) is 1.63. The second-order valence-corrected chi connectivity index (χ2v) is 5.49. The minimum absolute atomic E-state index is 0.291. The lowest BCUT2D eigenvalue weighted by Gasteiger charge is -2.26. The minimum atomic E-state index is 0.291. The lowest BCUT2D eigenvalue weighted by atomic mass is 9.85. The molecule has 1 aliphatic heterocycles. The van der Waals surface area contributed by atoms with Gasteiger partial charge in [-0.05, 0) is 44.7 Å². The first kappa shape index (κ1) is 11.9. The van der Waals surface area contributed by atoms with Crippen LogP contribution in [0.5, 0.6) is 0 Å². The highest BCUT2D eigenvalue weighted by Gasteiger charge is 2.25. The Bertz CT molecular complexity index is 232. The second-order valence-electron chi connectivity index (χ2n) is 5.49. The number of rotatable bonds is 5. The standard InChI is InChI=1S/C13H24N2O/c1-11(10-15-7-2-3-8-15)9-14-13(16)12-5-4-6-12/h11-12H,2-10H2,1H3,(H,14,16)/t11-/m0/s1. The average Bonchev–Trinajstić information content (AvgIpc) is 2.64. The zero-order valence-electron chi connectivity index (χ0n) is 10.4. The maximum absolute atomic E-state index is 11.6. The van der Waals surface area contributed by atoms with Crippen LogP contribution in [0.3, 0.4) is 0 Å². The Morgan fingerprint density at radius 1 is 1.31 bits per heavy atom. The van der Waals surface area contributed by atoms with Gasteiger partial charge in [0.2, 0.25) is 5.91 Å². The summed E-state index contributed by atoms with van der Waals surface area (Å²) in [5.41, 5.74) is 0. The number of hydrogen-bond donors (Lipinski definition) is 1. The Morgan fingerprint density at radius 3 is 2.56 bits per heavy atom. The van der Waals surface area contributed by atoms with Crippen molar-refractivity contribution in [3.63, 3.8) is 0 Å². The van der Waals surface area contributed by atoms with Crippen molar-refractivity contribution in [1.29, 1.82) is 0 Å². The number of hydrogen-bond acceptors (Lipinski definition) is 2. The molecule has 3 nitrogen and oxygen atoms in total. The molecule has 2 aliphatic rings. The van der Waals surface area contributed by atoms with E-state index in [1.807, 2.05) is 0 Å². The van der Waals surface area contributed by atoms with Gasteiger partial charge < -0.3 is 10.2 Å². The van der Waals surface area contributed by atoms with Gasteiger partial charge in [-0.1, -0.05) is 13.3 Å². The van der Waals surface area contributed by atoms with Crippen LogP contribution in [-0.4, -0.2) is 37.0 Å². The van der Waals surface area contributed by atoms with E-state index in [9.17, 15) is 4.79 Å². The number of carbonyl (C=O) groups is 1. The Balaban J connectivity index is 1.59. The summed E-state index contributed by atoms with van der Waals surface area (Å²) in [7, 11) is 0. The van der Waals surface area contributed by atoms with Crippen LogP contribution in [0.1, 0.15) is 39.0 Å².